The van der Waals surface area contributed by atoms with E-state index in [2.05, 4.69) is 15.1 Å². The number of piperazine rings is 1. The van der Waals surface area contributed by atoms with Crippen molar-refractivity contribution in [2.24, 2.45) is 5.92 Å². The fraction of sp³-hybridized carbons (Fsp3) is 0.296. The van der Waals surface area contributed by atoms with Gasteiger partial charge in [0.2, 0.25) is 5.91 Å². The summed E-state index contributed by atoms with van der Waals surface area (Å²) in [5, 5.41) is 2.83. The number of benzene rings is 3. The molecule has 182 valence electrons. The summed E-state index contributed by atoms with van der Waals surface area (Å²) in [6.45, 7) is 1.84. The van der Waals surface area contributed by atoms with Crippen molar-refractivity contribution >= 4 is 17.3 Å². The third-order valence-electron chi connectivity index (χ3n) is 6.91. The van der Waals surface area contributed by atoms with Crippen LogP contribution in [0, 0.1) is 11.7 Å². The number of rotatable bonds is 4. The Morgan fingerprint density at radius 2 is 1.71 bits per heavy atom. The minimum absolute atomic E-state index is 0.0204. The summed E-state index contributed by atoms with van der Waals surface area (Å²) in [6.07, 6.45) is -4.27. The summed E-state index contributed by atoms with van der Waals surface area (Å²) in [5.41, 5.74) is 1.94. The Hall–Kier alpha value is -3.55. The molecule has 0 bridgehead atoms. The number of nitrogens with zero attached hydrogens (tertiary/aromatic N) is 2. The van der Waals surface area contributed by atoms with Crippen LogP contribution in [-0.4, -0.2) is 31.6 Å². The molecule has 8 heteroatoms. The lowest BCUT2D eigenvalue weighted by Crippen LogP contribution is -2.61. The minimum atomic E-state index is -4.46. The van der Waals surface area contributed by atoms with Gasteiger partial charge >= 0.3 is 6.18 Å². The van der Waals surface area contributed by atoms with Crippen LogP contribution in [0.25, 0.3) is 0 Å². The van der Waals surface area contributed by atoms with Crippen LogP contribution in [0.2, 0.25) is 0 Å². The van der Waals surface area contributed by atoms with Crippen LogP contribution in [0.3, 0.4) is 0 Å². The van der Waals surface area contributed by atoms with Crippen molar-refractivity contribution in [3.63, 3.8) is 0 Å². The van der Waals surface area contributed by atoms with E-state index < -0.39 is 23.5 Å². The third-order valence-corrected chi connectivity index (χ3v) is 6.91. The Kier molecular flexibility index (Phi) is 6.13. The molecule has 0 aromatic heterocycles. The summed E-state index contributed by atoms with van der Waals surface area (Å²) in [7, 11) is 0. The zero-order valence-electron chi connectivity index (χ0n) is 18.9. The number of fused-ring (bicyclic) bond motifs is 3. The standard InChI is InChI=1S/C27H25F4N3O/c28-23-9-5-4-6-18(23)16-32-26(35)22-15-19-14-20(27(29,30)31)10-11-24(19)34-13-12-33(17-25(22)34)21-7-2-1-3-8-21/h1-11,14,22,25H,12-13,15-17H2,(H,32,35). The van der Waals surface area contributed by atoms with Crippen molar-refractivity contribution < 1.29 is 22.4 Å². The highest BCUT2D eigenvalue weighted by Crippen LogP contribution is 2.40. The third kappa shape index (κ3) is 4.70. The van der Waals surface area contributed by atoms with Gasteiger partial charge in [-0.2, -0.15) is 13.2 Å². The van der Waals surface area contributed by atoms with Crippen LogP contribution in [0.15, 0.2) is 72.8 Å². The SMILES string of the molecule is O=C(NCc1ccccc1F)C1Cc2cc(C(F)(F)F)ccc2N2CCN(c3ccccc3)CC12. The number of hydrogen-bond donors (Lipinski definition) is 1. The molecular weight excluding hydrogens is 458 g/mol. The van der Waals surface area contributed by atoms with E-state index in [9.17, 15) is 22.4 Å². The molecule has 2 heterocycles. The number of carbonyl (C=O) groups is 1. The molecule has 3 aromatic rings. The predicted molar refractivity (Wildman–Crippen MR) is 127 cm³/mol. The number of anilines is 2. The van der Waals surface area contributed by atoms with E-state index >= 15 is 0 Å². The normalized spacial score (nSPS) is 19.7. The number of para-hydroxylation sites is 1. The molecule has 3 aromatic carbocycles. The van der Waals surface area contributed by atoms with Gasteiger partial charge < -0.3 is 15.1 Å². The lowest BCUT2D eigenvalue weighted by Gasteiger charge is -2.49. The van der Waals surface area contributed by atoms with Crippen molar-refractivity contribution in [2.45, 2.75) is 25.2 Å². The molecule has 0 aliphatic carbocycles. The predicted octanol–water partition coefficient (Wildman–Crippen LogP) is 5.03. The van der Waals surface area contributed by atoms with E-state index in [1.165, 1.54) is 12.1 Å². The second kappa shape index (κ2) is 9.24. The number of amides is 1. The van der Waals surface area contributed by atoms with Gasteiger partial charge in [0.25, 0.3) is 0 Å². The first-order chi connectivity index (χ1) is 16.8. The Morgan fingerprint density at radius 1 is 0.971 bits per heavy atom. The van der Waals surface area contributed by atoms with Gasteiger partial charge in [-0.1, -0.05) is 36.4 Å². The van der Waals surface area contributed by atoms with E-state index in [1.807, 2.05) is 30.3 Å². The van der Waals surface area contributed by atoms with E-state index in [-0.39, 0.29) is 24.9 Å². The van der Waals surface area contributed by atoms with Crippen LogP contribution in [0.4, 0.5) is 28.9 Å². The molecular formula is C27H25F4N3O. The van der Waals surface area contributed by atoms with Crippen molar-refractivity contribution in [1.82, 2.24) is 5.32 Å². The highest BCUT2D eigenvalue weighted by Gasteiger charge is 2.42. The maximum absolute atomic E-state index is 14.1. The first-order valence-corrected chi connectivity index (χ1v) is 11.6. The van der Waals surface area contributed by atoms with Crippen LogP contribution in [0.5, 0.6) is 0 Å². The van der Waals surface area contributed by atoms with Crippen LogP contribution in [0.1, 0.15) is 16.7 Å². The fourth-order valence-corrected chi connectivity index (χ4v) is 5.13. The maximum atomic E-state index is 14.1. The minimum Gasteiger partial charge on any atom is -0.368 e. The summed E-state index contributed by atoms with van der Waals surface area (Å²) < 4.78 is 54.3. The number of halogens is 4. The number of carbonyl (C=O) groups excluding carboxylic acids is 1. The summed E-state index contributed by atoms with van der Waals surface area (Å²) >= 11 is 0. The molecule has 5 rings (SSSR count). The summed E-state index contributed by atoms with van der Waals surface area (Å²) in [5.74, 6) is -1.28. The Balaban J connectivity index is 1.44. The van der Waals surface area contributed by atoms with Gasteiger partial charge in [0.05, 0.1) is 17.5 Å². The van der Waals surface area contributed by atoms with Crippen molar-refractivity contribution in [2.75, 3.05) is 29.4 Å². The highest BCUT2D eigenvalue weighted by molar-refractivity contribution is 5.82. The van der Waals surface area contributed by atoms with Crippen LogP contribution >= 0.6 is 0 Å². The molecule has 0 saturated carbocycles. The molecule has 2 aliphatic heterocycles. The van der Waals surface area contributed by atoms with Crippen molar-refractivity contribution in [1.29, 1.82) is 0 Å². The van der Waals surface area contributed by atoms with Crippen molar-refractivity contribution in [3.05, 3.63) is 95.3 Å². The lowest BCUT2D eigenvalue weighted by atomic mass is 9.82. The van der Waals surface area contributed by atoms with E-state index in [0.717, 1.165) is 23.5 Å². The van der Waals surface area contributed by atoms with Gasteiger partial charge in [-0.15, -0.1) is 0 Å². The van der Waals surface area contributed by atoms with Crippen molar-refractivity contribution in [3.8, 4) is 0 Å². The lowest BCUT2D eigenvalue weighted by molar-refractivity contribution is -0.137. The molecule has 35 heavy (non-hydrogen) atoms. The van der Waals surface area contributed by atoms with Crippen LogP contribution < -0.4 is 15.1 Å². The number of hydrogen-bond acceptors (Lipinski definition) is 3. The molecule has 1 saturated heterocycles. The largest absolute Gasteiger partial charge is 0.416 e. The maximum Gasteiger partial charge on any atom is 0.416 e. The number of alkyl halides is 3. The van der Waals surface area contributed by atoms with Gasteiger partial charge in [-0.3, -0.25) is 4.79 Å². The first kappa shape index (κ1) is 23.2. The molecule has 1 fully saturated rings. The zero-order chi connectivity index (χ0) is 24.6. The molecule has 2 atom stereocenters. The average molecular weight is 484 g/mol. The second-order valence-electron chi connectivity index (χ2n) is 9.00. The zero-order valence-corrected chi connectivity index (χ0v) is 18.9. The van der Waals surface area contributed by atoms with E-state index in [0.29, 0.717) is 30.8 Å². The molecule has 2 aliphatic rings. The first-order valence-electron chi connectivity index (χ1n) is 11.6. The van der Waals surface area contributed by atoms with Gasteiger partial charge in [0, 0.05) is 43.1 Å². The van der Waals surface area contributed by atoms with E-state index in [1.54, 1.807) is 18.2 Å². The van der Waals surface area contributed by atoms with E-state index in [4.69, 9.17) is 0 Å². The van der Waals surface area contributed by atoms with Gasteiger partial charge in [-0.05, 0) is 48.4 Å². The van der Waals surface area contributed by atoms with Gasteiger partial charge in [0.15, 0.2) is 0 Å². The topological polar surface area (TPSA) is 35.6 Å². The molecule has 0 spiro atoms. The number of nitrogens with one attached hydrogen (secondary N) is 1. The average Bonchev–Trinajstić information content (AvgIpc) is 2.87. The molecule has 2 unspecified atom stereocenters. The highest BCUT2D eigenvalue weighted by atomic mass is 19.4. The quantitative estimate of drug-likeness (QED) is 0.529. The summed E-state index contributed by atoms with van der Waals surface area (Å²) in [6, 6.07) is 19.6. The second-order valence-corrected chi connectivity index (χ2v) is 9.00. The van der Waals surface area contributed by atoms with Crippen LogP contribution in [-0.2, 0) is 23.9 Å². The molecule has 0 radical (unpaired) electrons. The summed E-state index contributed by atoms with van der Waals surface area (Å²) in [4.78, 5) is 17.6. The van der Waals surface area contributed by atoms with Gasteiger partial charge in [0.1, 0.15) is 5.82 Å². The molecule has 4 nitrogen and oxygen atoms in total. The molecule has 1 amide bonds. The Labute approximate surface area is 201 Å². The Morgan fingerprint density at radius 3 is 2.46 bits per heavy atom. The fourth-order valence-electron chi connectivity index (χ4n) is 5.13. The molecule has 1 N–H and O–H groups in total. The van der Waals surface area contributed by atoms with Gasteiger partial charge in [-0.25, -0.2) is 4.39 Å². The monoisotopic (exact) mass is 483 g/mol. The smallest absolute Gasteiger partial charge is 0.368 e. The Bertz CT molecular complexity index is 1210.